The lowest BCUT2D eigenvalue weighted by molar-refractivity contribution is 0.185. The van der Waals surface area contributed by atoms with Gasteiger partial charge in [-0.1, -0.05) is 27.7 Å². The number of hydrogen-bond acceptors (Lipinski definition) is 2. The lowest BCUT2D eigenvalue weighted by Gasteiger charge is -2.35. The van der Waals surface area contributed by atoms with E-state index in [1.54, 1.807) is 0 Å². The zero-order valence-corrected chi connectivity index (χ0v) is 11.1. The first-order chi connectivity index (χ1) is 6.92. The fourth-order valence-corrected chi connectivity index (χ4v) is 1.94. The average molecular weight is 212 g/mol. The Labute approximate surface area is 95.4 Å². The Morgan fingerprint density at radius 1 is 1.40 bits per heavy atom. The molecule has 1 fully saturated rings. The second kappa shape index (κ2) is 5.31. The standard InChI is InChI=1S/C13H28N2/c1-11(2)13(3,4)10-14-12-7-6-8-15(5)9-12/h11-12,14H,6-10H2,1-5H3. The molecule has 2 nitrogen and oxygen atoms in total. The van der Waals surface area contributed by atoms with Crippen LogP contribution in [0.4, 0.5) is 0 Å². The van der Waals surface area contributed by atoms with E-state index in [0.29, 0.717) is 11.5 Å². The molecule has 0 aromatic carbocycles. The Kier molecular flexibility index (Phi) is 4.60. The van der Waals surface area contributed by atoms with Gasteiger partial charge in [-0.15, -0.1) is 0 Å². The van der Waals surface area contributed by atoms with E-state index in [0.717, 1.165) is 12.5 Å². The van der Waals surface area contributed by atoms with E-state index in [2.05, 4.69) is 45.0 Å². The third-order valence-corrected chi connectivity index (χ3v) is 4.03. The lowest BCUT2D eigenvalue weighted by atomic mass is 9.81. The molecular weight excluding hydrogens is 184 g/mol. The van der Waals surface area contributed by atoms with Crippen LogP contribution in [-0.4, -0.2) is 37.6 Å². The van der Waals surface area contributed by atoms with Crippen molar-refractivity contribution in [3.8, 4) is 0 Å². The van der Waals surface area contributed by atoms with Crippen molar-refractivity contribution in [1.82, 2.24) is 10.2 Å². The number of hydrogen-bond donors (Lipinski definition) is 1. The molecule has 0 amide bonds. The number of likely N-dealkylation sites (N-methyl/N-ethyl adjacent to an activating group) is 1. The van der Waals surface area contributed by atoms with E-state index in [1.807, 2.05) is 0 Å². The monoisotopic (exact) mass is 212 g/mol. The Balaban J connectivity index is 2.30. The maximum atomic E-state index is 3.73. The maximum absolute atomic E-state index is 3.73. The third-order valence-electron chi connectivity index (χ3n) is 4.03. The Hall–Kier alpha value is -0.0800. The third kappa shape index (κ3) is 4.12. The molecule has 1 saturated heterocycles. The summed E-state index contributed by atoms with van der Waals surface area (Å²) in [5.74, 6) is 0.742. The Morgan fingerprint density at radius 2 is 2.07 bits per heavy atom. The molecule has 1 unspecified atom stereocenters. The first kappa shape index (κ1) is 13.0. The smallest absolute Gasteiger partial charge is 0.0195 e. The highest BCUT2D eigenvalue weighted by atomic mass is 15.1. The first-order valence-electron chi connectivity index (χ1n) is 6.34. The summed E-state index contributed by atoms with van der Waals surface area (Å²) in [6, 6.07) is 0.710. The highest BCUT2D eigenvalue weighted by molar-refractivity contribution is 4.81. The normalized spacial score (nSPS) is 24.8. The van der Waals surface area contributed by atoms with Gasteiger partial charge in [0, 0.05) is 19.1 Å². The topological polar surface area (TPSA) is 15.3 Å². The minimum Gasteiger partial charge on any atom is -0.312 e. The van der Waals surface area contributed by atoms with E-state index < -0.39 is 0 Å². The molecule has 0 aliphatic carbocycles. The number of piperidine rings is 1. The first-order valence-corrected chi connectivity index (χ1v) is 6.34. The van der Waals surface area contributed by atoms with E-state index in [4.69, 9.17) is 0 Å². The fraction of sp³-hybridized carbons (Fsp3) is 1.00. The molecule has 90 valence electrons. The molecular formula is C13H28N2. The molecule has 1 aliphatic rings. The van der Waals surface area contributed by atoms with E-state index in [1.165, 1.54) is 25.9 Å². The van der Waals surface area contributed by atoms with Crippen molar-refractivity contribution in [3.63, 3.8) is 0 Å². The number of rotatable bonds is 4. The molecule has 2 heteroatoms. The van der Waals surface area contributed by atoms with Gasteiger partial charge >= 0.3 is 0 Å². The molecule has 0 aromatic heterocycles. The van der Waals surface area contributed by atoms with Crippen molar-refractivity contribution in [3.05, 3.63) is 0 Å². The van der Waals surface area contributed by atoms with Crippen LogP contribution >= 0.6 is 0 Å². The summed E-state index contributed by atoms with van der Waals surface area (Å²) >= 11 is 0. The van der Waals surface area contributed by atoms with Gasteiger partial charge in [0.25, 0.3) is 0 Å². The lowest BCUT2D eigenvalue weighted by Crippen LogP contribution is -2.47. The molecule has 0 saturated carbocycles. The van der Waals surface area contributed by atoms with E-state index >= 15 is 0 Å². The van der Waals surface area contributed by atoms with Crippen molar-refractivity contribution < 1.29 is 0 Å². The number of likely N-dealkylation sites (tertiary alicyclic amines) is 1. The molecule has 0 spiro atoms. The average Bonchev–Trinajstić information content (AvgIpc) is 2.15. The summed E-state index contributed by atoms with van der Waals surface area (Å²) in [5.41, 5.74) is 0.413. The predicted octanol–water partition coefficient (Wildman–Crippen LogP) is 2.35. The molecule has 1 rings (SSSR count). The van der Waals surface area contributed by atoms with E-state index in [-0.39, 0.29) is 0 Å². The van der Waals surface area contributed by atoms with Crippen LogP contribution in [-0.2, 0) is 0 Å². The molecule has 1 atom stereocenters. The van der Waals surface area contributed by atoms with Crippen LogP contribution in [0.15, 0.2) is 0 Å². The van der Waals surface area contributed by atoms with Gasteiger partial charge in [-0.05, 0) is 37.8 Å². The molecule has 0 aromatic rings. The van der Waals surface area contributed by atoms with Crippen LogP contribution in [0.5, 0.6) is 0 Å². The SMILES string of the molecule is CC(C)C(C)(C)CNC1CCCN(C)C1. The quantitative estimate of drug-likeness (QED) is 0.769. The Bertz CT molecular complexity index is 187. The molecule has 1 N–H and O–H groups in total. The maximum Gasteiger partial charge on any atom is 0.0195 e. The van der Waals surface area contributed by atoms with Crippen LogP contribution in [0.25, 0.3) is 0 Å². The fourth-order valence-electron chi connectivity index (χ4n) is 1.94. The zero-order chi connectivity index (χ0) is 11.5. The highest BCUT2D eigenvalue weighted by Gasteiger charge is 2.24. The van der Waals surface area contributed by atoms with Crippen molar-refractivity contribution in [2.45, 2.75) is 46.6 Å². The second-order valence-corrected chi connectivity index (χ2v) is 6.13. The molecule has 1 aliphatic heterocycles. The van der Waals surface area contributed by atoms with Crippen LogP contribution < -0.4 is 5.32 Å². The molecule has 1 heterocycles. The second-order valence-electron chi connectivity index (χ2n) is 6.13. The van der Waals surface area contributed by atoms with Gasteiger partial charge in [0.15, 0.2) is 0 Å². The summed E-state index contributed by atoms with van der Waals surface area (Å²) in [7, 11) is 2.22. The van der Waals surface area contributed by atoms with Crippen molar-refractivity contribution in [2.75, 3.05) is 26.7 Å². The van der Waals surface area contributed by atoms with Crippen molar-refractivity contribution >= 4 is 0 Å². The van der Waals surface area contributed by atoms with Crippen molar-refractivity contribution in [1.29, 1.82) is 0 Å². The van der Waals surface area contributed by atoms with Crippen LogP contribution in [0, 0.1) is 11.3 Å². The summed E-state index contributed by atoms with van der Waals surface area (Å²) in [4.78, 5) is 2.43. The van der Waals surface area contributed by atoms with Crippen LogP contribution in [0.1, 0.15) is 40.5 Å². The van der Waals surface area contributed by atoms with Crippen LogP contribution in [0.3, 0.4) is 0 Å². The molecule has 15 heavy (non-hydrogen) atoms. The Morgan fingerprint density at radius 3 is 2.60 bits per heavy atom. The predicted molar refractivity (Wildman–Crippen MR) is 67.1 cm³/mol. The van der Waals surface area contributed by atoms with Gasteiger partial charge in [0.2, 0.25) is 0 Å². The summed E-state index contributed by atoms with van der Waals surface area (Å²) in [6.07, 6.45) is 2.69. The molecule has 0 radical (unpaired) electrons. The number of nitrogens with zero attached hydrogens (tertiary/aromatic N) is 1. The summed E-state index contributed by atoms with van der Waals surface area (Å²) in [6.45, 7) is 13.0. The minimum absolute atomic E-state index is 0.413. The van der Waals surface area contributed by atoms with Gasteiger partial charge in [-0.3, -0.25) is 0 Å². The largest absolute Gasteiger partial charge is 0.312 e. The zero-order valence-electron chi connectivity index (χ0n) is 11.1. The van der Waals surface area contributed by atoms with E-state index in [9.17, 15) is 0 Å². The van der Waals surface area contributed by atoms with Gasteiger partial charge in [-0.25, -0.2) is 0 Å². The minimum atomic E-state index is 0.413. The van der Waals surface area contributed by atoms with Gasteiger partial charge < -0.3 is 10.2 Å². The molecule has 0 bridgehead atoms. The highest BCUT2D eigenvalue weighted by Crippen LogP contribution is 2.25. The van der Waals surface area contributed by atoms with Gasteiger partial charge in [0.1, 0.15) is 0 Å². The summed E-state index contributed by atoms with van der Waals surface area (Å²) < 4.78 is 0. The van der Waals surface area contributed by atoms with Gasteiger partial charge in [0.05, 0.1) is 0 Å². The number of nitrogens with one attached hydrogen (secondary N) is 1. The van der Waals surface area contributed by atoms with Gasteiger partial charge in [-0.2, -0.15) is 0 Å². The van der Waals surface area contributed by atoms with Crippen molar-refractivity contribution in [2.24, 2.45) is 11.3 Å². The summed E-state index contributed by atoms with van der Waals surface area (Å²) in [5, 5.41) is 3.73. The van der Waals surface area contributed by atoms with Crippen LogP contribution in [0.2, 0.25) is 0 Å².